The summed E-state index contributed by atoms with van der Waals surface area (Å²) < 4.78 is 25.6. The molecule has 0 saturated heterocycles. The number of rotatable bonds is 5. The Morgan fingerprint density at radius 1 is 1.09 bits per heavy atom. The first kappa shape index (κ1) is 21.2. The molecule has 5 rings (SSSR count). The lowest BCUT2D eigenvalue weighted by Gasteiger charge is -2.24. The molecule has 33 heavy (non-hydrogen) atoms. The number of carbonyl (C=O) groups is 2. The minimum Gasteiger partial charge on any atom is -0.503 e. The zero-order valence-electron chi connectivity index (χ0n) is 17.3. The molecule has 1 amide bonds. The van der Waals surface area contributed by atoms with E-state index in [1.807, 2.05) is 0 Å². The molecule has 1 unspecified atom stereocenters. The van der Waals surface area contributed by atoms with E-state index in [-0.39, 0.29) is 17.9 Å². The molecule has 0 bridgehead atoms. The first-order valence-electron chi connectivity index (χ1n) is 10.1. The molecule has 1 atom stereocenters. The highest BCUT2D eigenvalue weighted by atomic mass is 79.9. The number of Topliss-reactive ketones (excluding diaryl/α,β-unsaturated/α-hetero) is 1. The van der Waals surface area contributed by atoms with E-state index in [1.165, 1.54) is 17.0 Å². The maximum absolute atomic E-state index is 13.5. The van der Waals surface area contributed by atoms with E-state index < -0.39 is 29.3 Å². The zero-order chi connectivity index (χ0) is 23.3. The van der Waals surface area contributed by atoms with E-state index in [0.717, 1.165) is 4.47 Å². The number of benzene rings is 2. The van der Waals surface area contributed by atoms with Crippen LogP contribution in [-0.4, -0.2) is 21.7 Å². The summed E-state index contributed by atoms with van der Waals surface area (Å²) >= 11 is 3.39. The van der Waals surface area contributed by atoms with Crippen LogP contribution in [0.5, 0.6) is 0 Å². The highest BCUT2D eigenvalue weighted by Gasteiger charge is 2.46. The number of hydrogen-bond acceptors (Lipinski definition) is 5. The Balaban J connectivity index is 1.58. The topological polar surface area (TPSA) is 83.9 Å². The number of furan rings is 2. The van der Waals surface area contributed by atoms with Gasteiger partial charge in [0.25, 0.3) is 5.91 Å². The number of aryl methyl sites for hydroxylation is 1. The van der Waals surface area contributed by atoms with Crippen molar-refractivity contribution in [2.45, 2.75) is 19.5 Å². The minimum atomic E-state index is -0.969. The largest absolute Gasteiger partial charge is 0.503 e. The lowest BCUT2D eigenvalue weighted by molar-refractivity contribution is -0.130. The number of hydrogen-bond donors (Lipinski definition) is 1. The van der Waals surface area contributed by atoms with E-state index in [4.69, 9.17) is 8.83 Å². The number of aliphatic hydroxyl groups is 1. The summed E-state index contributed by atoms with van der Waals surface area (Å²) in [7, 11) is 0. The van der Waals surface area contributed by atoms with Gasteiger partial charge in [-0.3, -0.25) is 9.59 Å². The molecule has 6 nitrogen and oxygen atoms in total. The predicted octanol–water partition coefficient (Wildman–Crippen LogP) is 6.01. The Kier molecular flexibility index (Phi) is 5.17. The van der Waals surface area contributed by atoms with Crippen molar-refractivity contribution in [3.63, 3.8) is 0 Å². The summed E-state index contributed by atoms with van der Waals surface area (Å²) in [5.41, 5.74) is 1.00. The molecular weight excluding hydrogens is 493 g/mol. The SMILES string of the molecule is Cc1ccc(C2C(C(=O)c3cc4cc(Br)ccc4o3)=C(O)C(=O)N2Cc2ccc(F)cc2)o1. The molecule has 0 fully saturated rings. The van der Waals surface area contributed by atoms with E-state index in [0.29, 0.717) is 28.1 Å². The zero-order valence-corrected chi connectivity index (χ0v) is 18.9. The van der Waals surface area contributed by atoms with Gasteiger partial charge in [-0.1, -0.05) is 28.1 Å². The van der Waals surface area contributed by atoms with Gasteiger partial charge in [0.15, 0.2) is 11.5 Å². The van der Waals surface area contributed by atoms with E-state index >= 15 is 0 Å². The van der Waals surface area contributed by atoms with Crippen LogP contribution in [0.25, 0.3) is 11.0 Å². The summed E-state index contributed by atoms with van der Waals surface area (Å²) in [6.45, 7) is 1.78. The highest BCUT2D eigenvalue weighted by molar-refractivity contribution is 9.10. The van der Waals surface area contributed by atoms with Crippen LogP contribution in [0, 0.1) is 12.7 Å². The van der Waals surface area contributed by atoms with Crippen molar-refractivity contribution >= 4 is 38.6 Å². The summed E-state index contributed by atoms with van der Waals surface area (Å²) in [5, 5.41) is 11.5. The van der Waals surface area contributed by atoms with Crippen LogP contribution in [0.4, 0.5) is 4.39 Å². The van der Waals surface area contributed by atoms with Crippen LogP contribution >= 0.6 is 15.9 Å². The molecule has 1 aliphatic heterocycles. The molecular formula is C25H17BrFNO5. The number of ketones is 1. The molecule has 0 radical (unpaired) electrons. The number of aliphatic hydroxyl groups excluding tert-OH is 1. The van der Waals surface area contributed by atoms with Crippen LogP contribution < -0.4 is 0 Å². The van der Waals surface area contributed by atoms with Gasteiger partial charge in [0, 0.05) is 16.4 Å². The number of carbonyl (C=O) groups excluding carboxylic acids is 2. The second kappa shape index (κ2) is 8.04. The Morgan fingerprint density at radius 2 is 1.85 bits per heavy atom. The number of nitrogens with zero attached hydrogens (tertiary/aromatic N) is 1. The molecule has 166 valence electrons. The van der Waals surface area contributed by atoms with Crippen LogP contribution in [0.1, 0.15) is 33.7 Å². The average Bonchev–Trinajstić information content (AvgIpc) is 3.47. The Hall–Kier alpha value is -3.65. The van der Waals surface area contributed by atoms with Crippen molar-refractivity contribution in [3.05, 3.63) is 105 Å². The van der Waals surface area contributed by atoms with Crippen LogP contribution in [0.2, 0.25) is 0 Å². The first-order valence-corrected chi connectivity index (χ1v) is 10.9. The summed E-state index contributed by atoms with van der Waals surface area (Å²) in [6, 6.07) is 14.9. The Bertz CT molecular complexity index is 1430. The van der Waals surface area contributed by atoms with Gasteiger partial charge < -0.3 is 18.8 Å². The molecule has 1 N–H and O–H groups in total. The lowest BCUT2D eigenvalue weighted by atomic mass is 9.99. The number of amides is 1. The van der Waals surface area contributed by atoms with Crippen LogP contribution in [0.15, 0.2) is 85.3 Å². The second-order valence-electron chi connectivity index (χ2n) is 7.79. The Morgan fingerprint density at radius 3 is 2.55 bits per heavy atom. The molecule has 8 heteroatoms. The fraction of sp³-hybridized carbons (Fsp3) is 0.120. The van der Waals surface area contributed by atoms with Crippen molar-refractivity contribution in [1.82, 2.24) is 4.90 Å². The number of fused-ring (bicyclic) bond motifs is 1. The molecule has 2 aromatic carbocycles. The summed E-state index contributed by atoms with van der Waals surface area (Å²) in [5.74, 6) is -1.50. The lowest BCUT2D eigenvalue weighted by Crippen LogP contribution is -2.30. The predicted molar refractivity (Wildman–Crippen MR) is 121 cm³/mol. The van der Waals surface area contributed by atoms with Gasteiger partial charge in [0.05, 0.1) is 5.57 Å². The van der Waals surface area contributed by atoms with Gasteiger partial charge in [0.1, 0.15) is 29.0 Å². The fourth-order valence-electron chi connectivity index (χ4n) is 3.99. The van der Waals surface area contributed by atoms with E-state index in [1.54, 1.807) is 55.5 Å². The smallest absolute Gasteiger partial charge is 0.290 e. The van der Waals surface area contributed by atoms with Crippen molar-refractivity contribution in [2.24, 2.45) is 0 Å². The molecule has 0 spiro atoms. The van der Waals surface area contributed by atoms with E-state index in [2.05, 4.69) is 15.9 Å². The summed E-state index contributed by atoms with van der Waals surface area (Å²) in [6.07, 6.45) is 0. The van der Waals surface area contributed by atoms with Crippen molar-refractivity contribution < 1.29 is 27.9 Å². The van der Waals surface area contributed by atoms with Gasteiger partial charge >= 0.3 is 0 Å². The highest BCUT2D eigenvalue weighted by Crippen LogP contribution is 2.41. The first-order chi connectivity index (χ1) is 15.8. The van der Waals surface area contributed by atoms with Gasteiger partial charge in [-0.05, 0) is 61.0 Å². The van der Waals surface area contributed by atoms with Gasteiger partial charge in [-0.15, -0.1) is 0 Å². The molecule has 3 heterocycles. The van der Waals surface area contributed by atoms with Gasteiger partial charge in [-0.25, -0.2) is 4.39 Å². The number of halogens is 2. The third kappa shape index (κ3) is 3.76. The van der Waals surface area contributed by atoms with Crippen LogP contribution in [-0.2, 0) is 11.3 Å². The average molecular weight is 510 g/mol. The maximum Gasteiger partial charge on any atom is 0.290 e. The van der Waals surface area contributed by atoms with Gasteiger partial charge in [-0.2, -0.15) is 0 Å². The second-order valence-corrected chi connectivity index (χ2v) is 8.71. The molecule has 0 aliphatic carbocycles. The monoisotopic (exact) mass is 509 g/mol. The minimum absolute atomic E-state index is 0.00522. The third-order valence-electron chi connectivity index (χ3n) is 5.55. The van der Waals surface area contributed by atoms with Crippen molar-refractivity contribution in [2.75, 3.05) is 0 Å². The maximum atomic E-state index is 13.5. The quantitative estimate of drug-likeness (QED) is 0.333. The van der Waals surface area contributed by atoms with Crippen LogP contribution in [0.3, 0.4) is 0 Å². The fourth-order valence-corrected chi connectivity index (χ4v) is 4.37. The van der Waals surface area contributed by atoms with Gasteiger partial charge in [0.2, 0.25) is 5.78 Å². The van der Waals surface area contributed by atoms with E-state index in [9.17, 15) is 19.1 Å². The molecule has 1 aliphatic rings. The van der Waals surface area contributed by atoms with Crippen molar-refractivity contribution in [1.29, 1.82) is 0 Å². The normalized spacial score (nSPS) is 16.3. The van der Waals surface area contributed by atoms with Crippen molar-refractivity contribution in [3.8, 4) is 0 Å². The molecule has 4 aromatic rings. The molecule has 2 aromatic heterocycles. The Labute approximate surface area is 196 Å². The third-order valence-corrected chi connectivity index (χ3v) is 6.04. The molecule has 0 saturated carbocycles. The standard InChI is InChI=1S/C25H17BrFNO5/c1-13-2-8-19(32-13)22-21(23(29)20-11-15-10-16(26)5-9-18(15)33-20)24(30)25(31)28(22)12-14-3-6-17(27)7-4-14/h2-11,22,30H,12H2,1H3. The summed E-state index contributed by atoms with van der Waals surface area (Å²) in [4.78, 5) is 27.9.